The van der Waals surface area contributed by atoms with Crippen LogP contribution in [0.2, 0.25) is 5.02 Å². The number of rotatable bonds is 2. The number of aryl methyl sites for hydroxylation is 1. The van der Waals surface area contributed by atoms with E-state index in [9.17, 15) is 4.79 Å². The van der Waals surface area contributed by atoms with Crippen LogP contribution in [0.4, 0.5) is 0 Å². The Bertz CT molecular complexity index is 423. The fourth-order valence-electron chi connectivity index (χ4n) is 2.98. The lowest BCUT2D eigenvalue weighted by atomic mass is 9.85. The van der Waals surface area contributed by atoms with Crippen molar-refractivity contribution in [3.8, 4) is 0 Å². The van der Waals surface area contributed by atoms with Crippen molar-refractivity contribution in [3.63, 3.8) is 0 Å². The molecule has 3 atom stereocenters. The van der Waals surface area contributed by atoms with Gasteiger partial charge in [-0.1, -0.05) is 11.6 Å². The van der Waals surface area contributed by atoms with E-state index in [1.807, 2.05) is 0 Å². The maximum absolute atomic E-state index is 12.4. The number of halogens is 1. The average Bonchev–Trinajstić information content (AvgIpc) is 2.93. The molecule has 2 bridgehead atoms. The van der Waals surface area contributed by atoms with E-state index >= 15 is 0 Å². The first-order valence-corrected chi connectivity index (χ1v) is 6.02. The normalized spacial score (nSPS) is 32.2. The Morgan fingerprint density at radius 3 is 2.94 bits per heavy atom. The number of nitrogens with zero attached hydrogens (tertiary/aromatic N) is 2. The zero-order valence-electron chi connectivity index (χ0n) is 9.11. The van der Waals surface area contributed by atoms with Crippen LogP contribution in [0, 0.1) is 5.92 Å². The van der Waals surface area contributed by atoms with Gasteiger partial charge in [-0.3, -0.25) is 9.48 Å². The Labute approximate surface area is 99.0 Å². The highest BCUT2D eigenvalue weighted by atomic mass is 35.5. The number of ketones is 1. The summed E-state index contributed by atoms with van der Waals surface area (Å²) in [5, 5.41) is 7.95. The van der Waals surface area contributed by atoms with E-state index in [0.29, 0.717) is 22.8 Å². The second kappa shape index (κ2) is 3.57. The van der Waals surface area contributed by atoms with Crippen LogP contribution in [0.3, 0.4) is 0 Å². The van der Waals surface area contributed by atoms with Crippen molar-refractivity contribution in [3.05, 3.63) is 16.9 Å². The molecule has 3 rings (SSSR count). The summed E-state index contributed by atoms with van der Waals surface area (Å²) in [6.07, 6.45) is 4.80. The van der Waals surface area contributed by atoms with Crippen molar-refractivity contribution in [1.82, 2.24) is 15.1 Å². The smallest absolute Gasteiger partial charge is 0.187 e. The summed E-state index contributed by atoms with van der Waals surface area (Å²) in [4.78, 5) is 12.4. The molecule has 3 unspecified atom stereocenters. The zero-order chi connectivity index (χ0) is 11.3. The van der Waals surface area contributed by atoms with Crippen molar-refractivity contribution in [2.45, 2.75) is 31.3 Å². The minimum atomic E-state index is 0.0895. The Hall–Kier alpha value is -0.870. The highest BCUT2D eigenvalue weighted by molar-refractivity contribution is 6.33. The van der Waals surface area contributed by atoms with Crippen LogP contribution in [0.1, 0.15) is 29.8 Å². The lowest BCUT2D eigenvalue weighted by Gasteiger charge is -2.18. The van der Waals surface area contributed by atoms with Gasteiger partial charge in [-0.05, 0) is 19.3 Å². The van der Waals surface area contributed by atoms with Gasteiger partial charge in [0.2, 0.25) is 0 Å². The van der Waals surface area contributed by atoms with Crippen LogP contribution in [-0.4, -0.2) is 27.6 Å². The van der Waals surface area contributed by atoms with Crippen LogP contribution in [0.5, 0.6) is 0 Å². The molecule has 3 heterocycles. The summed E-state index contributed by atoms with van der Waals surface area (Å²) in [6.45, 7) is 0. The Morgan fingerprint density at radius 1 is 1.62 bits per heavy atom. The second-order valence-corrected chi connectivity index (χ2v) is 5.13. The van der Waals surface area contributed by atoms with Gasteiger partial charge in [0.15, 0.2) is 5.78 Å². The van der Waals surface area contributed by atoms with Gasteiger partial charge in [0.05, 0.1) is 11.2 Å². The first-order valence-electron chi connectivity index (χ1n) is 5.64. The molecule has 0 amide bonds. The Balaban J connectivity index is 1.89. The van der Waals surface area contributed by atoms with Gasteiger partial charge in [-0.25, -0.2) is 0 Å². The van der Waals surface area contributed by atoms with Gasteiger partial charge in [-0.2, -0.15) is 5.10 Å². The minimum Gasteiger partial charge on any atom is -0.310 e. The van der Waals surface area contributed by atoms with E-state index in [1.165, 1.54) is 12.6 Å². The third-order valence-electron chi connectivity index (χ3n) is 3.76. The van der Waals surface area contributed by atoms with Crippen LogP contribution in [0.15, 0.2) is 6.20 Å². The molecule has 4 nitrogen and oxygen atoms in total. The maximum atomic E-state index is 12.4. The van der Waals surface area contributed by atoms with E-state index in [2.05, 4.69) is 10.4 Å². The van der Waals surface area contributed by atoms with Gasteiger partial charge in [0.1, 0.15) is 5.69 Å². The molecule has 0 aliphatic carbocycles. The van der Waals surface area contributed by atoms with Gasteiger partial charge < -0.3 is 5.32 Å². The standard InChI is InChI=1S/C11H14ClN3O/c1-15-10(8(12)5-13-15)11(16)7-4-6-2-3-9(7)14-6/h5-7,9,14H,2-4H2,1H3. The SMILES string of the molecule is Cn1ncc(Cl)c1C(=O)C1CC2CCC1N2. The molecule has 0 saturated carbocycles. The number of hydrogen-bond donors (Lipinski definition) is 1. The molecule has 1 aromatic heterocycles. The van der Waals surface area contributed by atoms with Crippen molar-refractivity contribution in [2.75, 3.05) is 0 Å². The quantitative estimate of drug-likeness (QED) is 0.794. The van der Waals surface area contributed by atoms with Crippen LogP contribution < -0.4 is 5.32 Å². The summed E-state index contributed by atoms with van der Waals surface area (Å²) in [5.74, 6) is 0.233. The molecular formula is C11H14ClN3O. The predicted molar refractivity (Wildman–Crippen MR) is 60.6 cm³/mol. The number of carbonyl (C=O) groups excluding carboxylic acids is 1. The minimum absolute atomic E-state index is 0.0895. The molecular weight excluding hydrogens is 226 g/mol. The molecule has 1 aromatic rings. The molecule has 2 saturated heterocycles. The van der Waals surface area contributed by atoms with E-state index in [-0.39, 0.29) is 11.7 Å². The third kappa shape index (κ3) is 1.40. The second-order valence-electron chi connectivity index (χ2n) is 4.72. The first-order chi connectivity index (χ1) is 7.66. The number of aromatic nitrogens is 2. The van der Waals surface area contributed by atoms with E-state index < -0.39 is 0 Å². The summed E-state index contributed by atoms with van der Waals surface area (Å²) in [5.41, 5.74) is 0.556. The van der Waals surface area contributed by atoms with Crippen molar-refractivity contribution in [1.29, 1.82) is 0 Å². The number of Topliss-reactive ketones (excluding diaryl/α,β-unsaturated/α-hetero) is 1. The monoisotopic (exact) mass is 239 g/mol. The molecule has 16 heavy (non-hydrogen) atoms. The van der Waals surface area contributed by atoms with Gasteiger partial charge in [0.25, 0.3) is 0 Å². The number of fused-ring (bicyclic) bond motifs is 2. The van der Waals surface area contributed by atoms with Crippen molar-refractivity contribution >= 4 is 17.4 Å². The Kier molecular flexibility index (Phi) is 2.30. The summed E-state index contributed by atoms with van der Waals surface area (Å²) in [7, 11) is 1.76. The van der Waals surface area contributed by atoms with Crippen molar-refractivity contribution in [2.24, 2.45) is 13.0 Å². The predicted octanol–water partition coefficient (Wildman–Crippen LogP) is 1.40. The Morgan fingerprint density at radius 2 is 2.44 bits per heavy atom. The third-order valence-corrected chi connectivity index (χ3v) is 4.04. The average molecular weight is 240 g/mol. The summed E-state index contributed by atoms with van der Waals surface area (Å²) >= 11 is 6.00. The van der Waals surface area contributed by atoms with Crippen LogP contribution in [0.25, 0.3) is 0 Å². The topological polar surface area (TPSA) is 46.9 Å². The number of carbonyl (C=O) groups is 1. The highest BCUT2D eigenvalue weighted by Crippen LogP contribution is 2.36. The van der Waals surface area contributed by atoms with Crippen molar-refractivity contribution < 1.29 is 4.79 Å². The first kappa shape index (κ1) is 10.3. The molecule has 0 spiro atoms. The fraction of sp³-hybridized carbons (Fsp3) is 0.636. The number of nitrogens with one attached hydrogen (secondary N) is 1. The summed E-state index contributed by atoms with van der Waals surface area (Å²) < 4.78 is 1.58. The molecule has 2 fully saturated rings. The van der Waals surface area contributed by atoms with Gasteiger partial charge in [0, 0.05) is 25.0 Å². The maximum Gasteiger partial charge on any atom is 0.187 e. The van der Waals surface area contributed by atoms with E-state index in [4.69, 9.17) is 11.6 Å². The molecule has 86 valence electrons. The molecule has 1 N–H and O–H groups in total. The molecule has 2 aliphatic heterocycles. The highest BCUT2D eigenvalue weighted by Gasteiger charge is 2.43. The van der Waals surface area contributed by atoms with E-state index in [1.54, 1.807) is 11.7 Å². The van der Waals surface area contributed by atoms with Gasteiger partial charge in [-0.15, -0.1) is 0 Å². The lowest BCUT2D eigenvalue weighted by molar-refractivity contribution is 0.0891. The molecule has 5 heteroatoms. The van der Waals surface area contributed by atoms with E-state index in [0.717, 1.165) is 12.8 Å². The molecule has 0 radical (unpaired) electrons. The van der Waals surface area contributed by atoms with Crippen LogP contribution in [-0.2, 0) is 7.05 Å². The fourth-order valence-corrected chi connectivity index (χ4v) is 3.24. The zero-order valence-corrected chi connectivity index (χ0v) is 9.87. The number of hydrogen-bond acceptors (Lipinski definition) is 3. The largest absolute Gasteiger partial charge is 0.310 e. The molecule has 2 aliphatic rings. The summed E-state index contributed by atoms with van der Waals surface area (Å²) in [6, 6.07) is 0.884. The lowest BCUT2D eigenvalue weighted by Crippen LogP contribution is -2.30. The van der Waals surface area contributed by atoms with Gasteiger partial charge >= 0.3 is 0 Å². The van der Waals surface area contributed by atoms with Crippen LogP contribution >= 0.6 is 11.6 Å². The molecule has 0 aromatic carbocycles.